The Morgan fingerprint density at radius 2 is 1.85 bits per heavy atom. The van der Waals surface area contributed by atoms with Gasteiger partial charge in [-0.1, -0.05) is 49.7 Å². The lowest BCUT2D eigenvalue weighted by atomic mass is 10.0. The number of rotatable bonds is 6. The zero-order valence-electron chi connectivity index (χ0n) is 12.0. The summed E-state index contributed by atoms with van der Waals surface area (Å²) in [6.45, 7) is 4.01. The smallest absolute Gasteiger partial charge is 0.254 e. The van der Waals surface area contributed by atoms with Gasteiger partial charge in [0, 0.05) is 25.2 Å². The van der Waals surface area contributed by atoms with Crippen molar-refractivity contribution in [2.75, 3.05) is 19.6 Å². The van der Waals surface area contributed by atoms with E-state index in [4.69, 9.17) is 5.73 Å². The van der Waals surface area contributed by atoms with Crippen molar-refractivity contribution in [2.24, 2.45) is 5.73 Å². The number of nitrogens with zero attached hydrogens (tertiary/aromatic N) is 1. The molecule has 0 aliphatic rings. The van der Waals surface area contributed by atoms with Crippen LogP contribution in [0.5, 0.6) is 0 Å². The van der Waals surface area contributed by atoms with Crippen LogP contribution in [0.1, 0.15) is 30.1 Å². The number of benzene rings is 2. The molecule has 0 aliphatic heterocycles. The quantitative estimate of drug-likeness (QED) is 0.877. The van der Waals surface area contributed by atoms with E-state index in [2.05, 4.69) is 6.92 Å². The summed E-state index contributed by atoms with van der Waals surface area (Å²) in [5, 5.41) is 2.11. The number of nitrogens with two attached hydrogens (primary N) is 1. The van der Waals surface area contributed by atoms with Gasteiger partial charge in [0.05, 0.1) is 0 Å². The molecular weight excluding hydrogens is 248 g/mol. The summed E-state index contributed by atoms with van der Waals surface area (Å²) in [4.78, 5) is 14.6. The van der Waals surface area contributed by atoms with Gasteiger partial charge in [-0.15, -0.1) is 0 Å². The maximum Gasteiger partial charge on any atom is 0.254 e. The third-order valence-corrected chi connectivity index (χ3v) is 3.49. The molecule has 2 rings (SSSR count). The van der Waals surface area contributed by atoms with Gasteiger partial charge in [0.15, 0.2) is 0 Å². The molecule has 3 heteroatoms. The zero-order valence-corrected chi connectivity index (χ0v) is 12.0. The molecule has 2 N–H and O–H groups in total. The van der Waals surface area contributed by atoms with Gasteiger partial charge in [-0.25, -0.2) is 0 Å². The van der Waals surface area contributed by atoms with Crippen molar-refractivity contribution in [3.05, 3.63) is 48.0 Å². The monoisotopic (exact) mass is 270 g/mol. The average molecular weight is 270 g/mol. The van der Waals surface area contributed by atoms with Crippen LogP contribution in [0, 0.1) is 0 Å². The van der Waals surface area contributed by atoms with Crippen molar-refractivity contribution in [3.8, 4) is 0 Å². The first-order valence-electron chi connectivity index (χ1n) is 7.25. The van der Waals surface area contributed by atoms with Gasteiger partial charge in [-0.05, 0) is 23.3 Å². The van der Waals surface area contributed by atoms with Crippen molar-refractivity contribution in [2.45, 2.75) is 19.8 Å². The fourth-order valence-corrected chi connectivity index (χ4v) is 2.40. The standard InChI is InChI=1S/C17H22N2O/c1-2-3-12-19(13-11-18)17(20)16-10-6-8-14-7-4-5-9-15(14)16/h4-10H,2-3,11-13,18H2,1H3. The summed E-state index contributed by atoms with van der Waals surface area (Å²) >= 11 is 0. The van der Waals surface area contributed by atoms with Crippen molar-refractivity contribution in [3.63, 3.8) is 0 Å². The van der Waals surface area contributed by atoms with Gasteiger partial charge >= 0.3 is 0 Å². The molecule has 2 aromatic carbocycles. The largest absolute Gasteiger partial charge is 0.337 e. The number of unbranched alkanes of at least 4 members (excludes halogenated alkanes) is 1. The third-order valence-electron chi connectivity index (χ3n) is 3.49. The molecule has 20 heavy (non-hydrogen) atoms. The van der Waals surface area contributed by atoms with E-state index in [1.807, 2.05) is 47.4 Å². The Labute approximate surface area is 120 Å². The summed E-state index contributed by atoms with van der Waals surface area (Å²) in [5.41, 5.74) is 6.41. The summed E-state index contributed by atoms with van der Waals surface area (Å²) in [7, 11) is 0. The second-order valence-corrected chi connectivity index (χ2v) is 4.96. The van der Waals surface area contributed by atoms with Crippen LogP contribution in [0.3, 0.4) is 0 Å². The SMILES string of the molecule is CCCCN(CCN)C(=O)c1cccc2ccccc12. The highest BCUT2D eigenvalue weighted by atomic mass is 16.2. The number of hydrogen-bond donors (Lipinski definition) is 1. The molecule has 0 atom stereocenters. The van der Waals surface area contributed by atoms with Crippen LogP contribution in [-0.4, -0.2) is 30.4 Å². The summed E-state index contributed by atoms with van der Waals surface area (Å²) < 4.78 is 0. The van der Waals surface area contributed by atoms with Crippen molar-refractivity contribution >= 4 is 16.7 Å². The lowest BCUT2D eigenvalue weighted by Gasteiger charge is -2.22. The van der Waals surface area contributed by atoms with Gasteiger partial charge < -0.3 is 10.6 Å². The van der Waals surface area contributed by atoms with Crippen LogP contribution >= 0.6 is 0 Å². The van der Waals surface area contributed by atoms with E-state index in [9.17, 15) is 4.79 Å². The minimum atomic E-state index is 0.0840. The second-order valence-electron chi connectivity index (χ2n) is 4.96. The lowest BCUT2D eigenvalue weighted by Crippen LogP contribution is -2.36. The Morgan fingerprint density at radius 1 is 1.10 bits per heavy atom. The van der Waals surface area contributed by atoms with Gasteiger partial charge in [0.2, 0.25) is 0 Å². The molecule has 0 bridgehead atoms. The highest BCUT2D eigenvalue weighted by Gasteiger charge is 2.16. The molecule has 0 unspecified atom stereocenters. The normalized spacial score (nSPS) is 10.7. The zero-order chi connectivity index (χ0) is 14.4. The maximum absolute atomic E-state index is 12.7. The van der Waals surface area contributed by atoms with Crippen LogP contribution in [0.2, 0.25) is 0 Å². The fourth-order valence-electron chi connectivity index (χ4n) is 2.40. The number of amides is 1. The molecule has 0 heterocycles. The molecule has 3 nitrogen and oxygen atoms in total. The molecule has 0 saturated carbocycles. The van der Waals surface area contributed by atoms with E-state index >= 15 is 0 Å². The number of carbonyl (C=O) groups excluding carboxylic acids is 1. The molecular formula is C17H22N2O. The van der Waals surface area contributed by atoms with Crippen molar-refractivity contribution in [1.29, 1.82) is 0 Å². The molecule has 106 valence electrons. The van der Waals surface area contributed by atoms with Gasteiger partial charge in [0.1, 0.15) is 0 Å². The predicted molar refractivity (Wildman–Crippen MR) is 83.8 cm³/mol. The van der Waals surface area contributed by atoms with Crippen LogP contribution in [0.15, 0.2) is 42.5 Å². The van der Waals surface area contributed by atoms with Crippen molar-refractivity contribution in [1.82, 2.24) is 4.90 Å². The first-order chi connectivity index (χ1) is 9.77. The van der Waals surface area contributed by atoms with Crippen LogP contribution in [-0.2, 0) is 0 Å². The fraction of sp³-hybridized carbons (Fsp3) is 0.353. The molecule has 0 fully saturated rings. The summed E-state index contributed by atoms with van der Waals surface area (Å²) in [5.74, 6) is 0.0840. The highest BCUT2D eigenvalue weighted by molar-refractivity contribution is 6.07. The lowest BCUT2D eigenvalue weighted by molar-refractivity contribution is 0.0760. The molecule has 0 radical (unpaired) electrons. The molecule has 1 amide bonds. The first-order valence-corrected chi connectivity index (χ1v) is 7.25. The number of hydrogen-bond acceptors (Lipinski definition) is 2. The number of carbonyl (C=O) groups is 1. The highest BCUT2D eigenvalue weighted by Crippen LogP contribution is 2.20. The van der Waals surface area contributed by atoms with Crippen LogP contribution < -0.4 is 5.73 Å². The Hall–Kier alpha value is -1.87. The van der Waals surface area contributed by atoms with E-state index in [0.29, 0.717) is 13.1 Å². The number of fused-ring (bicyclic) bond motifs is 1. The summed E-state index contributed by atoms with van der Waals surface area (Å²) in [6.07, 6.45) is 2.08. The minimum Gasteiger partial charge on any atom is -0.337 e. The van der Waals surface area contributed by atoms with Gasteiger partial charge in [-0.2, -0.15) is 0 Å². The second kappa shape index (κ2) is 7.06. The van der Waals surface area contributed by atoms with E-state index in [-0.39, 0.29) is 5.91 Å². The molecule has 0 aliphatic carbocycles. The topological polar surface area (TPSA) is 46.3 Å². The Kier molecular flexibility index (Phi) is 5.13. The Bertz CT molecular complexity index is 575. The molecule has 0 spiro atoms. The minimum absolute atomic E-state index is 0.0840. The maximum atomic E-state index is 12.7. The van der Waals surface area contributed by atoms with Gasteiger partial charge in [-0.3, -0.25) is 4.79 Å². The molecule has 0 aromatic heterocycles. The van der Waals surface area contributed by atoms with Gasteiger partial charge in [0.25, 0.3) is 5.91 Å². The third kappa shape index (κ3) is 3.17. The van der Waals surface area contributed by atoms with E-state index in [1.54, 1.807) is 0 Å². The van der Waals surface area contributed by atoms with E-state index < -0.39 is 0 Å². The van der Waals surface area contributed by atoms with Crippen LogP contribution in [0.4, 0.5) is 0 Å². The Balaban J connectivity index is 2.33. The van der Waals surface area contributed by atoms with Crippen molar-refractivity contribution < 1.29 is 4.79 Å². The molecule has 0 saturated heterocycles. The Morgan fingerprint density at radius 3 is 2.60 bits per heavy atom. The average Bonchev–Trinajstić information content (AvgIpc) is 2.50. The van der Waals surface area contributed by atoms with E-state index in [1.165, 1.54) is 0 Å². The predicted octanol–water partition coefficient (Wildman–Crippen LogP) is 3.04. The van der Waals surface area contributed by atoms with E-state index in [0.717, 1.165) is 35.7 Å². The van der Waals surface area contributed by atoms with Crippen LogP contribution in [0.25, 0.3) is 10.8 Å². The molecule has 2 aromatic rings. The summed E-state index contributed by atoms with van der Waals surface area (Å²) in [6, 6.07) is 13.9. The first kappa shape index (κ1) is 14.5.